The summed E-state index contributed by atoms with van der Waals surface area (Å²) in [5.74, 6) is -2.80. The topological polar surface area (TPSA) is 63.9 Å². The number of carbonyl (C=O) groups is 2. The van der Waals surface area contributed by atoms with E-state index in [1.165, 1.54) is 11.8 Å². The van der Waals surface area contributed by atoms with Crippen LogP contribution in [0.2, 0.25) is 5.82 Å². The summed E-state index contributed by atoms with van der Waals surface area (Å²) in [6, 6.07) is -1.38. The molecule has 0 radical (unpaired) electrons. The number of carbonyl (C=O) groups excluding carboxylic acids is 2. The van der Waals surface area contributed by atoms with Crippen LogP contribution in [0.5, 0.6) is 0 Å². The van der Waals surface area contributed by atoms with Crippen molar-refractivity contribution < 1.29 is 41.0 Å². The fourth-order valence-corrected chi connectivity index (χ4v) is 5.84. The highest BCUT2D eigenvalue weighted by Crippen LogP contribution is 2.50. The summed E-state index contributed by atoms with van der Waals surface area (Å²) in [5.41, 5.74) is -0.745. The molecule has 12 heteroatoms. The summed E-state index contributed by atoms with van der Waals surface area (Å²) < 4.78 is 71.9. The second kappa shape index (κ2) is 8.92. The molecule has 4 rings (SSSR count). The van der Waals surface area contributed by atoms with Crippen LogP contribution in [0.15, 0.2) is 46.7 Å². The third kappa shape index (κ3) is 4.36. The third-order valence-electron chi connectivity index (χ3n) is 7.94. The molecule has 1 aliphatic carbocycles. The lowest BCUT2D eigenvalue weighted by atomic mass is 9.56. The van der Waals surface area contributed by atoms with Gasteiger partial charge in [0.2, 0.25) is 11.5 Å². The Labute approximate surface area is 212 Å². The van der Waals surface area contributed by atoms with Gasteiger partial charge in [-0.3, -0.25) is 9.59 Å². The Kier molecular flexibility index (Phi) is 6.58. The number of amides is 2. The Morgan fingerprint density at radius 1 is 1.08 bits per heavy atom. The molecule has 1 fully saturated rings. The molecule has 3 heterocycles. The predicted molar refractivity (Wildman–Crippen MR) is 129 cm³/mol. The summed E-state index contributed by atoms with van der Waals surface area (Å²) >= 11 is 0. The van der Waals surface area contributed by atoms with Crippen molar-refractivity contribution in [2.75, 3.05) is 13.1 Å². The zero-order valence-electron chi connectivity index (χ0n) is 21.4. The first-order valence-electron chi connectivity index (χ1n) is 12.3. The highest BCUT2D eigenvalue weighted by Gasteiger charge is 2.59. The summed E-state index contributed by atoms with van der Waals surface area (Å²) in [7, 11) is 0. The number of alkyl halides is 3. The van der Waals surface area contributed by atoms with E-state index in [2.05, 4.69) is 0 Å². The molecule has 0 saturated carbocycles. The molecule has 6 nitrogen and oxygen atoms in total. The van der Waals surface area contributed by atoms with Crippen LogP contribution in [-0.4, -0.2) is 80.7 Å². The monoisotopic (exact) mass is 527 g/mol. The van der Waals surface area contributed by atoms with Crippen LogP contribution >= 0.6 is 0 Å². The van der Waals surface area contributed by atoms with E-state index in [0.29, 0.717) is 29.5 Å². The Balaban J connectivity index is 1.47. The van der Waals surface area contributed by atoms with Crippen molar-refractivity contribution >= 4 is 24.4 Å². The van der Waals surface area contributed by atoms with Gasteiger partial charge in [0.05, 0.1) is 0 Å². The molecule has 1 N–H and O–H groups in total. The maximum absolute atomic E-state index is 15.7. The summed E-state index contributed by atoms with van der Waals surface area (Å²) in [4.78, 5) is 27.9. The van der Waals surface area contributed by atoms with Crippen LogP contribution in [0.4, 0.5) is 21.8 Å². The average Bonchev–Trinajstić information content (AvgIpc) is 3.33. The molecule has 4 atom stereocenters. The minimum absolute atomic E-state index is 0.0285. The van der Waals surface area contributed by atoms with Gasteiger partial charge >= 0.3 is 13.0 Å². The molecule has 37 heavy (non-hydrogen) atoms. The molecule has 202 valence electrons. The maximum Gasteiger partial charge on any atom is 0.625 e. The number of piperazine rings is 1. The van der Waals surface area contributed by atoms with E-state index in [4.69, 9.17) is 0 Å². The Morgan fingerprint density at radius 2 is 1.68 bits per heavy atom. The smallest absolute Gasteiger partial charge is 0.412 e. The molecule has 0 bridgehead atoms. The molecule has 3 aliphatic heterocycles. The molecule has 2 amide bonds. The lowest BCUT2D eigenvalue weighted by Crippen LogP contribution is -2.65. The van der Waals surface area contributed by atoms with Gasteiger partial charge in [0, 0.05) is 62.1 Å². The Hall–Kier alpha value is -2.76. The van der Waals surface area contributed by atoms with Crippen LogP contribution in [-0.2, 0) is 9.59 Å². The van der Waals surface area contributed by atoms with Crippen molar-refractivity contribution in [3.8, 4) is 0 Å². The Bertz CT molecular complexity index is 1200. The van der Waals surface area contributed by atoms with Crippen LogP contribution in [0.25, 0.3) is 0 Å². The number of allylic oxidation sites excluding steroid dienone is 7. The summed E-state index contributed by atoms with van der Waals surface area (Å²) in [5, 5.41) is 9.80. The largest absolute Gasteiger partial charge is 0.625 e. The zero-order chi connectivity index (χ0) is 27.7. The lowest BCUT2D eigenvalue weighted by molar-refractivity contribution is -0.362. The molecule has 0 aromatic rings. The van der Waals surface area contributed by atoms with Crippen LogP contribution in [0.3, 0.4) is 0 Å². The first-order valence-corrected chi connectivity index (χ1v) is 12.3. The van der Waals surface area contributed by atoms with E-state index in [0.717, 1.165) is 15.0 Å². The van der Waals surface area contributed by atoms with Crippen LogP contribution in [0.1, 0.15) is 47.5 Å². The first kappa shape index (κ1) is 27.3. The van der Waals surface area contributed by atoms with Crippen LogP contribution in [0, 0.1) is 0 Å². The van der Waals surface area contributed by atoms with E-state index < -0.39 is 42.4 Å². The van der Waals surface area contributed by atoms with Gasteiger partial charge in [-0.1, -0.05) is 17.2 Å². The second-order valence-corrected chi connectivity index (χ2v) is 10.7. The number of hydrogen-bond donors (Lipinski definition) is 1. The highest BCUT2D eigenvalue weighted by atomic mass is 19.4. The van der Waals surface area contributed by atoms with Crippen molar-refractivity contribution in [3.63, 3.8) is 0 Å². The van der Waals surface area contributed by atoms with E-state index in [1.807, 2.05) is 6.92 Å². The SMILES string of the molecule is CC1=CC(C)=C2C=C3C=CC(CCC(=O)N4C[C@H](C)N(C(=O)[C@@](C)(O)C(F)(F)F)C[C@H]4C)=[N+]3[B-](F)(F)C12. The van der Waals surface area contributed by atoms with Gasteiger partial charge in [-0.25, -0.2) is 0 Å². The van der Waals surface area contributed by atoms with E-state index in [9.17, 15) is 27.9 Å². The van der Waals surface area contributed by atoms with E-state index in [1.54, 1.807) is 38.2 Å². The number of rotatable bonds is 4. The summed E-state index contributed by atoms with van der Waals surface area (Å²) in [6.45, 7) is 2.84. The molecule has 0 aromatic heterocycles. The third-order valence-corrected chi connectivity index (χ3v) is 7.94. The van der Waals surface area contributed by atoms with Crippen LogP contribution < -0.4 is 0 Å². The minimum Gasteiger partial charge on any atom is -0.412 e. The number of nitrogens with zero attached hydrogens (tertiary/aromatic N) is 3. The van der Waals surface area contributed by atoms with Crippen molar-refractivity contribution in [2.24, 2.45) is 0 Å². The van der Waals surface area contributed by atoms with Crippen molar-refractivity contribution in [1.82, 2.24) is 9.80 Å². The summed E-state index contributed by atoms with van der Waals surface area (Å²) in [6.07, 6.45) is 1.64. The predicted octanol–water partition coefficient (Wildman–Crippen LogP) is 3.97. The second-order valence-electron chi connectivity index (χ2n) is 10.7. The van der Waals surface area contributed by atoms with Gasteiger partial charge < -0.3 is 28.0 Å². The molecular weight excluding hydrogens is 496 g/mol. The highest BCUT2D eigenvalue weighted by molar-refractivity contribution is 6.63. The number of fused-ring (bicyclic) bond motifs is 2. The molecule has 0 spiro atoms. The average molecular weight is 527 g/mol. The molecular formula is C25H31BF5N3O3. The minimum atomic E-state index is -5.14. The van der Waals surface area contributed by atoms with Crippen molar-refractivity contribution in [2.45, 2.75) is 77.1 Å². The molecule has 1 saturated heterocycles. The fraction of sp³-hybridized carbons (Fsp3) is 0.560. The standard InChI is InChI=1S/C25H31BF5N3O3/c1-14-10-15(2)22-20(14)11-19-7-6-18(34(19)26(22,30)31)8-9-21(35)32-12-17(4)33(13-16(32)3)23(36)24(5,37)25(27,28)29/h6-7,10-11,16-17,22,37H,8-9,12-13H2,1-5H3/t16-,17+,22?,24-/m1/s1. The molecule has 4 aliphatic rings. The lowest BCUT2D eigenvalue weighted by Gasteiger charge is -2.46. The van der Waals surface area contributed by atoms with Crippen molar-refractivity contribution in [1.29, 1.82) is 0 Å². The van der Waals surface area contributed by atoms with E-state index >= 15 is 8.63 Å². The molecule has 1 unspecified atom stereocenters. The first-order chi connectivity index (χ1) is 17.0. The number of hydrogen-bond acceptors (Lipinski definition) is 3. The van der Waals surface area contributed by atoms with Gasteiger partial charge in [0.1, 0.15) is 5.71 Å². The Morgan fingerprint density at radius 3 is 2.30 bits per heavy atom. The van der Waals surface area contributed by atoms with E-state index in [-0.39, 0.29) is 31.8 Å². The van der Waals surface area contributed by atoms with Gasteiger partial charge in [-0.05, 0) is 40.2 Å². The normalized spacial score (nSPS) is 28.7. The fourth-order valence-electron chi connectivity index (χ4n) is 5.84. The van der Waals surface area contributed by atoms with Gasteiger partial charge in [0.25, 0.3) is 5.91 Å². The van der Waals surface area contributed by atoms with Crippen molar-refractivity contribution in [3.05, 3.63) is 46.7 Å². The zero-order valence-corrected chi connectivity index (χ0v) is 21.4. The molecule has 0 aromatic carbocycles. The number of aliphatic hydroxyl groups is 1. The van der Waals surface area contributed by atoms with Gasteiger partial charge in [0.15, 0.2) is 5.70 Å². The number of halogens is 5. The maximum atomic E-state index is 15.7. The quantitative estimate of drug-likeness (QED) is 0.445. The van der Waals surface area contributed by atoms with Gasteiger partial charge in [-0.2, -0.15) is 13.2 Å². The van der Waals surface area contributed by atoms with Gasteiger partial charge in [-0.15, -0.1) is 0 Å².